The van der Waals surface area contributed by atoms with Crippen LogP contribution in [0.5, 0.6) is 0 Å². The molecule has 4 aromatic rings. The molecule has 0 aromatic heterocycles. The summed E-state index contributed by atoms with van der Waals surface area (Å²) in [6, 6.07) is 34.1. The van der Waals surface area contributed by atoms with E-state index in [1.54, 1.807) is 15.9 Å². The summed E-state index contributed by atoms with van der Waals surface area (Å²) in [4.78, 5) is 65.2. The number of amides is 4. The molecule has 0 unspecified atom stereocenters. The van der Waals surface area contributed by atoms with Gasteiger partial charge in [-0.3, -0.25) is 29.2 Å². The van der Waals surface area contributed by atoms with Crippen molar-refractivity contribution in [3.63, 3.8) is 0 Å². The topological polar surface area (TPSA) is 124 Å². The third kappa shape index (κ3) is 9.20. The number of aliphatic imine (C=N–C) groups is 2. The Morgan fingerprint density at radius 3 is 1.33 bits per heavy atom. The van der Waals surface area contributed by atoms with Crippen molar-refractivity contribution in [3.05, 3.63) is 132 Å². The van der Waals surface area contributed by atoms with Crippen LogP contribution in [0.1, 0.15) is 88.2 Å². The van der Waals surface area contributed by atoms with Gasteiger partial charge >= 0.3 is 0 Å². The highest BCUT2D eigenvalue weighted by Crippen LogP contribution is 2.40. The smallest absolute Gasteiger partial charge is 0.275 e. The largest absolute Gasteiger partial charge is 0.325 e. The molecular formula is C46H49FN6O4. The van der Waals surface area contributed by atoms with Crippen LogP contribution in [-0.4, -0.2) is 69.3 Å². The number of nitrogens with one attached hydrogen (secondary N) is 2. The first-order valence-corrected chi connectivity index (χ1v) is 20.1. The van der Waals surface area contributed by atoms with Crippen molar-refractivity contribution in [3.8, 4) is 0 Å². The minimum absolute atomic E-state index is 0.0214. The molecule has 2 N–H and O–H groups in total. The fourth-order valence-electron chi connectivity index (χ4n) is 8.40. The van der Waals surface area contributed by atoms with Crippen LogP contribution in [0.3, 0.4) is 0 Å². The van der Waals surface area contributed by atoms with E-state index >= 15 is 0 Å². The Morgan fingerprint density at radius 1 is 0.526 bits per heavy atom. The SMILES string of the molecule is O=C(CN1C(=O)C(c2ccccc2)=NC12CCCCCC2)Nc1cccc(F)c1.O=C(CN1C(=O)C(c2ccccc2)=NC12CCCCCC2)Nc1ccccc1. The summed E-state index contributed by atoms with van der Waals surface area (Å²) in [5.41, 5.74) is 2.35. The Hall–Kier alpha value is -5.97. The van der Waals surface area contributed by atoms with Crippen LogP contribution in [0.15, 0.2) is 125 Å². The summed E-state index contributed by atoms with van der Waals surface area (Å²) in [5.74, 6) is -1.32. The van der Waals surface area contributed by atoms with E-state index < -0.39 is 17.1 Å². The van der Waals surface area contributed by atoms with Crippen LogP contribution in [0.2, 0.25) is 0 Å². The lowest BCUT2D eigenvalue weighted by Gasteiger charge is -2.35. The lowest BCUT2D eigenvalue weighted by Crippen LogP contribution is -2.50. The van der Waals surface area contributed by atoms with Gasteiger partial charge in [-0.1, -0.05) is 111 Å². The molecule has 0 radical (unpaired) electrons. The number of benzene rings is 4. The maximum atomic E-state index is 13.4. The van der Waals surface area contributed by atoms with E-state index in [4.69, 9.17) is 9.98 Å². The Balaban J connectivity index is 0.000000174. The van der Waals surface area contributed by atoms with Gasteiger partial charge in [-0.15, -0.1) is 0 Å². The van der Waals surface area contributed by atoms with E-state index in [-0.39, 0.29) is 36.7 Å². The molecule has 2 aliphatic heterocycles. The van der Waals surface area contributed by atoms with Gasteiger partial charge in [0, 0.05) is 22.5 Å². The molecule has 11 heteroatoms. The summed E-state index contributed by atoms with van der Waals surface area (Å²) in [7, 11) is 0. The Labute approximate surface area is 333 Å². The van der Waals surface area contributed by atoms with E-state index in [0.29, 0.717) is 17.1 Å². The van der Waals surface area contributed by atoms with Crippen LogP contribution >= 0.6 is 0 Å². The molecule has 0 saturated heterocycles. The van der Waals surface area contributed by atoms with Gasteiger partial charge in [-0.25, -0.2) is 4.39 Å². The van der Waals surface area contributed by atoms with Gasteiger partial charge in [0.05, 0.1) is 0 Å². The van der Waals surface area contributed by atoms with Crippen molar-refractivity contribution in [2.24, 2.45) is 9.98 Å². The molecule has 57 heavy (non-hydrogen) atoms. The predicted octanol–water partition coefficient (Wildman–Crippen LogP) is 8.15. The standard InChI is InChI=1S/C23H24FN3O2.C23H25N3O2/c24-18-11-8-12-19(15-18)25-20(28)16-27-22(29)21(17-9-4-3-5-10-17)26-23(27)13-6-1-2-7-14-23;27-20(24-19-13-7-4-8-14-19)17-26-22(28)21(18-11-5-3-6-12-18)25-23(26)15-9-1-2-10-16-23/h3-5,8-12,15H,1-2,6-7,13-14,16H2,(H,25,28);3-8,11-14H,1-2,9-10,15-17H2,(H,24,27). The highest BCUT2D eigenvalue weighted by molar-refractivity contribution is 6.47. The van der Waals surface area contributed by atoms with Gasteiger partial charge in [0.15, 0.2) is 0 Å². The van der Waals surface area contributed by atoms with E-state index in [9.17, 15) is 23.6 Å². The quantitative estimate of drug-likeness (QED) is 0.188. The number of rotatable bonds is 8. The van der Waals surface area contributed by atoms with Gasteiger partial charge in [-0.05, 0) is 81.7 Å². The summed E-state index contributed by atoms with van der Waals surface area (Å²) in [6.45, 7) is -0.0806. The Bertz CT molecular complexity index is 2110. The minimum Gasteiger partial charge on any atom is -0.325 e. The molecule has 2 aliphatic carbocycles. The van der Waals surface area contributed by atoms with Crippen LogP contribution in [0.25, 0.3) is 0 Å². The maximum Gasteiger partial charge on any atom is 0.275 e. The normalized spacial score (nSPS) is 18.5. The summed E-state index contributed by atoms with van der Waals surface area (Å²) in [6.07, 6.45) is 11.6. The molecular weight excluding hydrogens is 720 g/mol. The lowest BCUT2D eigenvalue weighted by atomic mass is 10.00. The molecule has 8 rings (SSSR count). The van der Waals surface area contributed by atoms with Gasteiger partial charge in [0.2, 0.25) is 11.8 Å². The number of carbonyl (C=O) groups is 4. The predicted molar refractivity (Wildman–Crippen MR) is 220 cm³/mol. The average Bonchev–Trinajstić information content (AvgIpc) is 3.41. The Morgan fingerprint density at radius 2 is 0.912 bits per heavy atom. The van der Waals surface area contributed by atoms with Crippen molar-refractivity contribution >= 4 is 46.4 Å². The molecule has 0 bridgehead atoms. The summed E-state index contributed by atoms with van der Waals surface area (Å²) in [5, 5.41) is 5.60. The number of carbonyl (C=O) groups excluding carboxylic acids is 4. The van der Waals surface area contributed by atoms with Crippen molar-refractivity contribution in [1.29, 1.82) is 0 Å². The summed E-state index contributed by atoms with van der Waals surface area (Å²) >= 11 is 0. The zero-order valence-electron chi connectivity index (χ0n) is 32.2. The van der Waals surface area contributed by atoms with E-state index in [1.165, 1.54) is 18.2 Å². The van der Waals surface area contributed by atoms with Crippen molar-refractivity contribution in [2.75, 3.05) is 23.7 Å². The fourth-order valence-corrected chi connectivity index (χ4v) is 8.40. The number of nitrogens with zero attached hydrogens (tertiary/aromatic N) is 4. The lowest BCUT2D eigenvalue weighted by molar-refractivity contribution is -0.133. The highest BCUT2D eigenvalue weighted by atomic mass is 19.1. The summed E-state index contributed by atoms with van der Waals surface area (Å²) < 4.78 is 13.4. The minimum atomic E-state index is -0.669. The molecule has 2 saturated carbocycles. The molecule has 4 amide bonds. The zero-order chi connectivity index (χ0) is 39.7. The number of anilines is 2. The molecule has 4 aromatic carbocycles. The van der Waals surface area contributed by atoms with Gasteiger partial charge < -0.3 is 20.4 Å². The first-order chi connectivity index (χ1) is 27.8. The molecule has 2 fully saturated rings. The van der Waals surface area contributed by atoms with Gasteiger partial charge in [-0.2, -0.15) is 0 Å². The van der Waals surface area contributed by atoms with Crippen LogP contribution in [0, 0.1) is 5.82 Å². The van der Waals surface area contributed by atoms with E-state index in [0.717, 1.165) is 93.9 Å². The second kappa shape index (κ2) is 17.9. The molecule has 0 atom stereocenters. The van der Waals surface area contributed by atoms with E-state index in [2.05, 4.69) is 10.6 Å². The highest BCUT2D eigenvalue weighted by Gasteiger charge is 2.49. The molecule has 2 heterocycles. The first kappa shape index (κ1) is 39.3. The number of hydrogen-bond donors (Lipinski definition) is 2. The maximum absolute atomic E-state index is 13.4. The molecule has 10 nitrogen and oxygen atoms in total. The second-order valence-electron chi connectivity index (χ2n) is 15.2. The number of halogens is 1. The van der Waals surface area contributed by atoms with Gasteiger partial charge in [0.25, 0.3) is 11.8 Å². The molecule has 294 valence electrons. The monoisotopic (exact) mass is 768 g/mol. The fraction of sp³-hybridized carbons (Fsp3) is 0.348. The third-order valence-corrected chi connectivity index (χ3v) is 11.2. The second-order valence-corrected chi connectivity index (χ2v) is 15.2. The average molecular weight is 769 g/mol. The van der Waals surface area contributed by atoms with Gasteiger partial charge in [0.1, 0.15) is 41.7 Å². The molecule has 2 spiro atoms. The van der Waals surface area contributed by atoms with Crippen LogP contribution in [0.4, 0.5) is 15.8 Å². The Kier molecular flexibility index (Phi) is 12.3. The van der Waals surface area contributed by atoms with Crippen LogP contribution < -0.4 is 10.6 Å². The van der Waals surface area contributed by atoms with Crippen molar-refractivity contribution < 1.29 is 23.6 Å². The van der Waals surface area contributed by atoms with Crippen LogP contribution in [-0.2, 0) is 19.2 Å². The van der Waals surface area contributed by atoms with Crippen molar-refractivity contribution in [1.82, 2.24) is 9.80 Å². The van der Waals surface area contributed by atoms with Crippen molar-refractivity contribution in [2.45, 2.75) is 88.4 Å². The number of para-hydroxylation sites is 1. The zero-order valence-corrected chi connectivity index (χ0v) is 32.2. The first-order valence-electron chi connectivity index (χ1n) is 20.1. The third-order valence-electron chi connectivity index (χ3n) is 11.2. The van der Waals surface area contributed by atoms with E-state index in [1.807, 2.05) is 91.0 Å². The number of hydrogen-bond acceptors (Lipinski definition) is 6. The molecule has 4 aliphatic rings.